The molecule has 0 bridgehead atoms. The van der Waals surface area contributed by atoms with Crippen molar-refractivity contribution >= 4 is 28.9 Å². The van der Waals surface area contributed by atoms with Crippen LogP contribution in [0.1, 0.15) is 25.7 Å². The van der Waals surface area contributed by atoms with Crippen LogP contribution in [-0.4, -0.2) is 31.2 Å². The Bertz CT molecular complexity index is 141. The van der Waals surface area contributed by atoms with Gasteiger partial charge in [0.15, 0.2) is 0 Å². The number of rotatable bonds is 4. The molecule has 13 heavy (non-hydrogen) atoms. The van der Waals surface area contributed by atoms with Crippen LogP contribution in [0.4, 0.5) is 0 Å². The summed E-state index contributed by atoms with van der Waals surface area (Å²) in [6.07, 6.45) is 5.33. The first-order valence-corrected chi connectivity index (χ1v) is 9.91. The predicted molar refractivity (Wildman–Crippen MR) is 63.0 cm³/mol. The van der Waals surface area contributed by atoms with E-state index in [0.717, 1.165) is 6.04 Å². The third kappa shape index (κ3) is 5.95. The standard InChI is InChI=1S/C9H19Cl2NSi/c1-13(10,11)9-5-8-12-6-3-2-4-7-12/h2-9H2,1H3. The van der Waals surface area contributed by atoms with Crippen LogP contribution in [0.2, 0.25) is 12.6 Å². The molecule has 1 saturated heterocycles. The Morgan fingerprint density at radius 1 is 1.15 bits per heavy atom. The van der Waals surface area contributed by atoms with E-state index in [2.05, 4.69) is 4.90 Å². The molecule has 1 rings (SSSR count). The zero-order chi connectivity index (χ0) is 9.73. The molecule has 0 amide bonds. The fourth-order valence-electron chi connectivity index (χ4n) is 1.80. The molecule has 78 valence electrons. The number of hydrogen-bond donors (Lipinski definition) is 0. The van der Waals surface area contributed by atoms with E-state index in [9.17, 15) is 0 Å². The van der Waals surface area contributed by atoms with Crippen molar-refractivity contribution in [1.82, 2.24) is 4.90 Å². The second-order valence-corrected chi connectivity index (χ2v) is 12.3. The SMILES string of the molecule is C[Si](Cl)(Cl)CCCN1CCCCC1. The molecule has 0 aromatic carbocycles. The van der Waals surface area contributed by atoms with Crippen molar-refractivity contribution in [1.29, 1.82) is 0 Å². The van der Waals surface area contributed by atoms with Crippen LogP contribution in [0, 0.1) is 0 Å². The van der Waals surface area contributed by atoms with E-state index in [4.69, 9.17) is 22.2 Å². The third-order valence-electron chi connectivity index (χ3n) is 2.54. The summed E-state index contributed by atoms with van der Waals surface area (Å²) < 4.78 is 0. The van der Waals surface area contributed by atoms with E-state index in [1.54, 1.807) is 0 Å². The largest absolute Gasteiger partial charge is 0.303 e. The van der Waals surface area contributed by atoms with Crippen LogP contribution in [0.15, 0.2) is 0 Å². The van der Waals surface area contributed by atoms with Crippen molar-refractivity contribution in [2.75, 3.05) is 19.6 Å². The lowest BCUT2D eigenvalue weighted by molar-refractivity contribution is 0.229. The maximum Gasteiger partial charge on any atom is 0.248 e. The highest BCUT2D eigenvalue weighted by Crippen LogP contribution is 2.22. The van der Waals surface area contributed by atoms with Crippen LogP contribution >= 0.6 is 22.2 Å². The predicted octanol–water partition coefficient (Wildman–Crippen LogP) is 3.41. The lowest BCUT2D eigenvalue weighted by Gasteiger charge is -2.26. The normalized spacial score (nSPS) is 20.5. The van der Waals surface area contributed by atoms with Crippen LogP contribution < -0.4 is 0 Å². The van der Waals surface area contributed by atoms with Crippen LogP contribution in [0.25, 0.3) is 0 Å². The van der Waals surface area contributed by atoms with E-state index in [1.165, 1.54) is 45.3 Å². The van der Waals surface area contributed by atoms with Gasteiger partial charge in [0.25, 0.3) is 0 Å². The highest BCUT2D eigenvalue weighted by molar-refractivity contribution is 7.44. The minimum atomic E-state index is -1.82. The average molecular weight is 240 g/mol. The lowest BCUT2D eigenvalue weighted by atomic mass is 10.1. The Morgan fingerprint density at radius 2 is 1.77 bits per heavy atom. The number of piperidine rings is 1. The van der Waals surface area contributed by atoms with Gasteiger partial charge in [0.05, 0.1) is 0 Å². The molecule has 0 unspecified atom stereocenters. The molecule has 1 heterocycles. The van der Waals surface area contributed by atoms with Gasteiger partial charge in [-0.2, -0.15) is 0 Å². The van der Waals surface area contributed by atoms with Gasteiger partial charge in [-0.3, -0.25) is 0 Å². The molecule has 0 aromatic rings. The molecule has 0 aliphatic carbocycles. The monoisotopic (exact) mass is 239 g/mol. The second-order valence-electron chi connectivity index (χ2n) is 4.08. The summed E-state index contributed by atoms with van der Waals surface area (Å²) in [5.41, 5.74) is 0. The first kappa shape index (κ1) is 11.8. The highest BCUT2D eigenvalue weighted by Gasteiger charge is 2.20. The fraction of sp³-hybridized carbons (Fsp3) is 1.00. The molecule has 0 aromatic heterocycles. The molecule has 1 fully saturated rings. The second kappa shape index (κ2) is 5.59. The van der Waals surface area contributed by atoms with Crippen LogP contribution in [-0.2, 0) is 0 Å². The van der Waals surface area contributed by atoms with E-state index < -0.39 is 6.69 Å². The van der Waals surface area contributed by atoms with Crippen LogP contribution in [0.5, 0.6) is 0 Å². The fourth-order valence-corrected chi connectivity index (χ4v) is 3.38. The van der Waals surface area contributed by atoms with Crippen molar-refractivity contribution in [3.05, 3.63) is 0 Å². The molecule has 0 radical (unpaired) electrons. The van der Waals surface area contributed by atoms with Crippen LogP contribution in [0.3, 0.4) is 0 Å². The van der Waals surface area contributed by atoms with Crippen molar-refractivity contribution < 1.29 is 0 Å². The van der Waals surface area contributed by atoms with E-state index in [-0.39, 0.29) is 0 Å². The quantitative estimate of drug-likeness (QED) is 0.537. The van der Waals surface area contributed by atoms with Gasteiger partial charge < -0.3 is 4.90 Å². The number of halogens is 2. The summed E-state index contributed by atoms with van der Waals surface area (Å²) >= 11 is 12.1. The van der Waals surface area contributed by atoms with Gasteiger partial charge in [-0.25, -0.2) is 0 Å². The molecule has 1 aliphatic heterocycles. The molecule has 4 heteroatoms. The molecule has 0 atom stereocenters. The molecule has 0 N–H and O–H groups in total. The van der Waals surface area contributed by atoms with Gasteiger partial charge in [0.1, 0.15) is 0 Å². The Morgan fingerprint density at radius 3 is 2.31 bits per heavy atom. The van der Waals surface area contributed by atoms with E-state index >= 15 is 0 Å². The minimum Gasteiger partial charge on any atom is -0.303 e. The van der Waals surface area contributed by atoms with Gasteiger partial charge in [0, 0.05) is 0 Å². The molecular weight excluding hydrogens is 221 g/mol. The topological polar surface area (TPSA) is 3.24 Å². The van der Waals surface area contributed by atoms with Gasteiger partial charge >= 0.3 is 0 Å². The Labute approximate surface area is 91.8 Å². The molecular formula is C9H19Cl2NSi. The molecule has 0 saturated carbocycles. The molecule has 1 aliphatic rings. The Kier molecular flexibility index (Phi) is 5.09. The first-order valence-electron chi connectivity index (χ1n) is 5.18. The number of nitrogens with zero attached hydrogens (tertiary/aromatic N) is 1. The maximum absolute atomic E-state index is 6.04. The lowest BCUT2D eigenvalue weighted by Crippen LogP contribution is -2.31. The summed E-state index contributed by atoms with van der Waals surface area (Å²) in [6, 6.07) is 1.03. The summed E-state index contributed by atoms with van der Waals surface area (Å²) in [7, 11) is 0. The Balaban J connectivity index is 2.04. The summed E-state index contributed by atoms with van der Waals surface area (Å²) in [6.45, 7) is 3.94. The van der Waals surface area contributed by atoms with Crippen molar-refractivity contribution in [2.45, 2.75) is 38.3 Å². The van der Waals surface area contributed by atoms with E-state index in [1.807, 2.05) is 6.55 Å². The van der Waals surface area contributed by atoms with Crippen molar-refractivity contribution in [2.24, 2.45) is 0 Å². The van der Waals surface area contributed by atoms with Crippen molar-refractivity contribution in [3.63, 3.8) is 0 Å². The Hall–Kier alpha value is 0.757. The zero-order valence-corrected chi connectivity index (χ0v) is 10.9. The van der Waals surface area contributed by atoms with Gasteiger partial charge in [-0.05, 0) is 51.5 Å². The van der Waals surface area contributed by atoms with Gasteiger partial charge in [-0.1, -0.05) is 6.42 Å². The van der Waals surface area contributed by atoms with Crippen molar-refractivity contribution in [3.8, 4) is 0 Å². The van der Waals surface area contributed by atoms with Gasteiger partial charge in [0.2, 0.25) is 6.69 Å². The third-order valence-corrected chi connectivity index (χ3v) is 4.90. The molecule has 1 nitrogen and oxygen atoms in total. The maximum atomic E-state index is 6.04. The first-order chi connectivity index (χ1) is 6.08. The number of likely N-dealkylation sites (tertiary alicyclic amines) is 1. The summed E-state index contributed by atoms with van der Waals surface area (Å²) in [4.78, 5) is 2.54. The molecule has 0 spiro atoms. The average Bonchev–Trinajstić information content (AvgIpc) is 2.04. The summed E-state index contributed by atoms with van der Waals surface area (Å²) in [5, 5.41) is 0. The smallest absolute Gasteiger partial charge is 0.248 e. The zero-order valence-electron chi connectivity index (χ0n) is 8.36. The minimum absolute atomic E-state index is 1.03. The number of hydrogen-bond acceptors (Lipinski definition) is 1. The summed E-state index contributed by atoms with van der Waals surface area (Å²) in [5.74, 6) is 0. The van der Waals surface area contributed by atoms with E-state index in [0.29, 0.717) is 0 Å². The van der Waals surface area contributed by atoms with Gasteiger partial charge in [-0.15, -0.1) is 22.2 Å². The highest BCUT2D eigenvalue weighted by atomic mass is 35.7.